The highest BCUT2D eigenvalue weighted by atomic mass is 32.1. The van der Waals surface area contributed by atoms with Crippen molar-refractivity contribution in [2.75, 3.05) is 31.1 Å². The predicted molar refractivity (Wildman–Crippen MR) is 94.1 cm³/mol. The van der Waals surface area contributed by atoms with Crippen LogP contribution >= 0.6 is 11.3 Å². The molecule has 3 aromatic heterocycles. The molecule has 0 aromatic carbocycles. The summed E-state index contributed by atoms with van der Waals surface area (Å²) in [6.07, 6.45) is 3.98. The van der Waals surface area contributed by atoms with Gasteiger partial charge in [-0.15, -0.1) is 11.3 Å². The molecule has 24 heavy (non-hydrogen) atoms. The normalized spacial score (nSPS) is 19.2. The SMILES string of the molecule is OCC[C@H]1CN(c2ncnc3nc[nH]c23)CCN1Cc1cccs1. The summed E-state index contributed by atoms with van der Waals surface area (Å²) in [7, 11) is 0. The van der Waals surface area contributed by atoms with Crippen LogP contribution < -0.4 is 4.90 Å². The van der Waals surface area contributed by atoms with E-state index in [4.69, 9.17) is 0 Å². The molecule has 8 heteroatoms. The number of anilines is 1. The Bertz CT molecular complexity index is 789. The van der Waals surface area contributed by atoms with Crippen LogP contribution in [-0.4, -0.2) is 62.2 Å². The highest BCUT2D eigenvalue weighted by Crippen LogP contribution is 2.25. The maximum Gasteiger partial charge on any atom is 0.182 e. The molecule has 0 amide bonds. The Morgan fingerprint density at radius 1 is 1.29 bits per heavy atom. The average molecular weight is 344 g/mol. The summed E-state index contributed by atoms with van der Waals surface area (Å²) in [6, 6.07) is 4.57. The molecular formula is C16H20N6OS. The molecular weight excluding hydrogens is 324 g/mol. The summed E-state index contributed by atoms with van der Waals surface area (Å²) < 4.78 is 0. The number of hydrogen-bond acceptors (Lipinski definition) is 7. The van der Waals surface area contributed by atoms with Gasteiger partial charge in [0.15, 0.2) is 11.5 Å². The lowest BCUT2D eigenvalue weighted by Gasteiger charge is -2.41. The lowest BCUT2D eigenvalue weighted by molar-refractivity contribution is 0.136. The molecule has 0 bridgehead atoms. The fraction of sp³-hybridized carbons (Fsp3) is 0.438. The van der Waals surface area contributed by atoms with E-state index < -0.39 is 0 Å². The zero-order valence-corrected chi connectivity index (χ0v) is 14.1. The molecule has 0 radical (unpaired) electrons. The minimum Gasteiger partial charge on any atom is -0.396 e. The van der Waals surface area contributed by atoms with E-state index in [-0.39, 0.29) is 6.61 Å². The van der Waals surface area contributed by atoms with Gasteiger partial charge in [0.05, 0.1) is 6.33 Å². The number of H-pyrrole nitrogens is 1. The monoisotopic (exact) mass is 344 g/mol. The quantitative estimate of drug-likeness (QED) is 0.730. The third-order valence-electron chi connectivity index (χ3n) is 4.51. The first-order valence-electron chi connectivity index (χ1n) is 8.11. The average Bonchev–Trinajstić information content (AvgIpc) is 3.27. The van der Waals surface area contributed by atoms with Gasteiger partial charge in [-0.1, -0.05) is 6.07 Å². The lowest BCUT2D eigenvalue weighted by atomic mass is 10.1. The minimum atomic E-state index is 0.197. The molecule has 4 rings (SSSR count). The van der Waals surface area contributed by atoms with E-state index in [1.165, 1.54) is 4.88 Å². The number of nitrogens with zero attached hydrogens (tertiary/aromatic N) is 5. The van der Waals surface area contributed by atoms with Crippen molar-refractivity contribution in [1.29, 1.82) is 0 Å². The standard InChI is InChI=1S/C16H20N6OS/c23-6-3-12-8-22(5-4-21(12)9-13-2-1-7-24-13)16-14-15(18-10-17-14)19-11-20-16/h1-2,7,10-12,23H,3-6,8-9H2,(H,17,18,19,20)/t12-/m0/s1. The van der Waals surface area contributed by atoms with Crippen molar-refractivity contribution in [3.05, 3.63) is 35.0 Å². The Labute approximate surface area is 144 Å². The molecule has 126 valence electrons. The van der Waals surface area contributed by atoms with Gasteiger partial charge in [0.1, 0.15) is 11.8 Å². The van der Waals surface area contributed by atoms with E-state index in [2.05, 4.69) is 47.2 Å². The van der Waals surface area contributed by atoms with Gasteiger partial charge in [-0.2, -0.15) is 0 Å². The number of fused-ring (bicyclic) bond motifs is 1. The molecule has 1 aliphatic rings. The van der Waals surface area contributed by atoms with Crippen LogP contribution in [0.3, 0.4) is 0 Å². The van der Waals surface area contributed by atoms with E-state index in [9.17, 15) is 5.11 Å². The van der Waals surface area contributed by atoms with Crippen LogP contribution in [-0.2, 0) is 6.54 Å². The summed E-state index contributed by atoms with van der Waals surface area (Å²) in [5, 5.41) is 11.6. The Hall–Kier alpha value is -2.03. The number of thiophene rings is 1. The van der Waals surface area contributed by atoms with Crippen LogP contribution in [0.25, 0.3) is 11.2 Å². The summed E-state index contributed by atoms with van der Waals surface area (Å²) in [6.45, 7) is 3.83. The third-order valence-corrected chi connectivity index (χ3v) is 5.37. The summed E-state index contributed by atoms with van der Waals surface area (Å²) in [5.41, 5.74) is 1.58. The van der Waals surface area contributed by atoms with Gasteiger partial charge < -0.3 is 15.0 Å². The number of aromatic amines is 1. The van der Waals surface area contributed by atoms with Crippen LogP contribution in [0.5, 0.6) is 0 Å². The Balaban J connectivity index is 1.54. The number of rotatable bonds is 5. The maximum absolute atomic E-state index is 9.47. The molecule has 1 aliphatic heterocycles. The Morgan fingerprint density at radius 2 is 2.25 bits per heavy atom. The van der Waals surface area contributed by atoms with Crippen molar-refractivity contribution >= 4 is 28.3 Å². The van der Waals surface area contributed by atoms with Gasteiger partial charge >= 0.3 is 0 Å². The zero-order valence-electron chi connectivity index (χ0n) is 13.3. The van der Waals surface area contributed by atoms with E-state index in [1.807, 2.05) is 0 Å². The second-order valence-electron chi connectivity index (χ2n) is 5.96. The lowest BCUT2D eigenvalue weighted by Crippen LogP contribution is -2.53. The highest BCUT2D eigenvalue weighted by molar-refractivity contribution is 7.09. The van der Waals surface area contributed by atoms with Crippen LogP contribution in [0.15, 0.2) is 30.2 Å². The van der Waals surface area contributed by atoms with Crippen LogP contribution in [0, 0.1) is 0 Å². The molecule has 0 saturated carbocycles. The fourth-order valence-corrected chi connectivity index (χ4v) is 4.04. The predicted octanol–water partition coefficient (Wildman–Crippen LogP) is 1.49. The molecule has 1 fully saturated rings. The van der Waals surface area contributed by atoms with Crippen molar-refractivity contribution in [2.24, 2.45) is 0 Å². The third kappa shape index (κ3) is 3.00. The molecule has 3 aromatic rings. The molecule has 0 aliphatic carbocycles. The van der Waals surface area contributed by atoms with E-state index in [0.717, 1.165) is 43.9 Å². The minimum absolute atomic E-state index is 0.197. The summed E-state index contributed by atoms with van der Waals surface area (Å²) in [5.74, 6) is 0.899. The van der Waals surface area contributed by atoms with E-state index in [1.54, 1.807) is 24.0 Å². The van der Waals surface area contributed by atoms with Gasteiger partial charge in [-0.05, 0) is 17.9 Å². The van der Waals surface area contributed by atoms with Crippen molar-refractivity contribution in [3.8, 4) is 0 Å². The molecule has 0 spiro atoms. The van der Waals surface area contributed by atoms with Gasteiger partial charge in [0, 0.05) is 43.7 Å². The number of aromatic nitrogens is 4. The fourth-order valence-electron chi connectivity index (χ4n) is 3.31. The topological polar surface area (TPSA) is 81.2 Å². The molecule has 4 heterocycles. The van der Waals surface area contributed by atoms with Crippen molar-refractivity contribution in [2.45, 2.75) is 19.0 Å². The molecule has 0 unspecified atom stereocenters. The van der Waals surface area contributed by atoms with Crippen LogP contribution in [0.2, 0.25) is 0 Å². The molecule has 1 atom stereocenters. The zero-order chi connectivity index (χ0) is 16.4. The number of hydrogen-bond donors (Lipinski definition) is 2. The smallest absolute Gasteiger partial charge is 0.182 e. The van der Waals surface area contributed by atoms with Gasteiger partial charge in [-0.3, -0.25) is 4.90 Å². The number of piperazine rings is 1. The Kier molecular flexibility index (Phi) is 4.42. The highest BCUT2D eigenvalue weighted by Gasteiger charge is 2.28. The Morgan fingerprint density at radius 3 is 3.08 bits per heavy atom. The molecule has 7 nitrogen and oxygen atoms in total. The second kappa shape index (κ2) is 6.84. The largest absolute Gasteiger partial charge is 0.396 e. The number of imidazole rings is 1. The number of aliphatic hydroxyl groups excluding tert-OH is 1. The molecule has 2 N–H and O–H groups in total. The van der Waals surface area contributed by atoms with Gasteiger partial charge in [0.25, 0.3) is 0 Å². The van der Waals surface area contributed by atoms with Crippen LogP contribution in [0.1, 0.15) is 11.3 Å². The summed E-state index contributed by atoms with van der Waals surface area (Å²) in [4.78, 5) is 22.1. The number of nitrogens with one attached hydrogen (secondary N) is 1. The molecule has 1 saturated heterocycles. The van der Waals surface area contributed by atoms with Gasteiger partial charge in [-0.25, -0.2) is 15.0 Å². The van der Waals surface area contributed by atoms with Crippen molar-refractivity contribution in [3.63, 3.8) is 0 Å². The van der Waals surface area contributed by atoms with Crippen LogP contribution in [0.4, 0.5) is 5.82 Å². The first-order chi connectivity index (χ1) is 11.8. The first-order valence-corrected chi connectivity index (χ1v) is 8.99. The van der Waals surface area contributed by atoms with E-state index in [0.29, 0.717) is 11.7 Å². The van der Waals surface area contributed by atoms with Crippen molar-refractivity contribution < 1.29 is 5.11 Å². The van der Waals surface area contributed by atoms with Gasteiger partial charge in [0.2, 0.25) is 0 Å². The van der Waals surface area contributed by atoms with E-state index >= 15 is 0 Å². The van der Waals surface area contributed by atoms with Crippen molar-refractivity contribution in [1.82, 2.24) is 24.8 Å². The number of aliphatic hydroxyl groups is 1. The second-order valence-corrected chi connectivity index (χ2v) is 6.99. The maximum atomic E-state index is 9.47. The first kappa shape index (κ1) is 15.5. The summed E-state index contributed by atoms with van der Waals surface area (Å²) >= 11 is 1.79.